The summed E-state index contributed by atoms with van der Waals surface area (Å²) in [7, 11) is 1.57. The maximum atomic E-state index is 13.4. The molecule has 1 N–H and O–H groups in total. The molecule has 0 radical (unpaired) electrons. The van der Waals surface area contributed by atoms with Crippen LogP contribution in [0.2, 0.25) is 0 Å². The Kier molecular flexibility index (Phi) is 7.74. The Morgan fingerprint density at radius 2 is 2.12 bits per heavy atom. The number of aromatic nitrogens is 2. The number of ether oxygens (including phenoxy) is 2. The summed E-state index contributed by atoms with van der Waals surface area (Å²) in [6.07, 6.45) is 1.84. The van der Waals surface area contributed by atoms with E-state index in [-0.39, 0.29) is 23.4 Å². The normalized spacial score (nSPS) is 15.8. The Labute approximate surface area is 195 Å². The van der Waals surface area contributed by atoms with Crippen LogP contribution in [0.4, 0.5) is 4.39 Å². The summed E-state index contributed by atoms with van der Waals surface area (Å²) in [5, 5.41) is 3.77. The second kappa shape index (κ2) is 10.9. The molecule has 0 saturated carbocycles. The molecule has 1 aromatic heterocycles. The van der Waals surface area contributed by atoms with Gasteiger partial charge in [0.05, 0.1) is 30.2 Å². The minimum Gasteiger partial charge on any atom is -0.383 e. The molecule has 3 aromatic rings. The maximum Gasteiger partial charge on any atom is 0.262 e. The fourth-order valence-corrected chi connectivity index (χ4v) is 4.67. The summed E-state index contributed by atoms with van der Waals surface area (Å²) in [4.78, 5) is 30.6. The lowest BCUT2D eigenvalue weighted by Crippen LogP contribution is -2.29. The molecule has 33 heavy (non-hydrogen) atoms. The van der Waals surface area contributed by atoms with Crippen LogP contribution in [0.15, 0.2) is 52.4 Å². The van der Waals surface area contributed by atoms with Gasteiger partial charge in [-0.05, 0) is 48.7 Å². The number of halogens is 1. The Hall–Kier alpha value is -2.75. The molecule has 0 aliphatic carbocycles. The summed E-state index contributed by atoms with van der Waals surface area (Å²) < 4.78 is 25.6. The summed E-state index contributed by atoms with van der Waals surface area (Å²) in [6.45, 7) is 1.92. The van der Waals surface area contributed by atoms with E-state index in [9.17, 15) is 14.0 Å². The molecule has 9 heteroatoms. The van der Waals surface area contributed by atoms with Crippen molar-refractivity contribution in [1.82, 2.24) is 14.9 Å². The number of thioether (sulfide) groups is 1. The minimum absolute atomic E-state index is 0.0297. The number of carbonyl (C=O) groups is 1. The SMILES string of the molecule is COCCNC(=O)c1ccc2c(=O)n(C[C@H]3CCCO3)c(SCc3ccc(F)cc3)nc2c1. The number of amides is 1. The van der Waals surface area contributed by atoms with Gasteiger partial charge >= 0.3 is 0 Å². The molecule has 1 saturated heterocycles. The van der Waals surface area contributed by atoms with Crippen molar-refractivity contribution in [3.05, 3.63) is 69.8 Å². The number of hydrogen-bond donors (Lipinski definition) is 1. The Balaban J connectivity index is 1.66. The number of benzene rings is 2. The van der Waals surface area contributed by atoms with Crippen molar-refractivity contribution in [3.63, 3.8) is 0 Å². The quantitative estimate of drug-likeness (QED) is 0.293. The van der Waals surface area contributed by atoms with Crippen molar-refractivity contribution in [1.29, 1.82) is 0 Å². The number of rotatable bonds is 9. The maximum absolute atomic E-state index is 13.4. The lowest BCUT2D eigenvalue weighted by Gasteiger charge is -2.17. The zero-order valence-electron chi connectivity index (χ0n) is 18.4. The summed E-state index contributed by atoms with van der Waals surface area (Å²) in [5.74, 6) is -0.0139. The lowest BCUT2D eigenvalue weighted by molar-refractivity contribution is 0.0935. The molecule has 0 spiro atoms. The van der Waals surface area contributed by atoms with Gasteiger partial charge in [0, 0.05) is 31.6 Å². The second-order valence-electron chi connectivity index (χ2n) is 7.84. The van der Waals surface area contributed by atoms with Crippen LogP contribution in [0.25, 0.3) is 10.9 Å². The van der Waals surface area contributed by atoms with E-state index >= 15 is 0 Å². The van der Waals surface area contributed by atoms with Crippen LogP contribution in [-0.4, -0.2) is 48.4 Å². The third-order valence-corrected chi connectivity index (χ3v) is 6.51. The van der Waals surface area contributed by atoms with Crippen LogP contribution in [0.5, 0.6) is 0 Å². The van der Waals surface area contributed by atoms with E-state index in [4.69, 9.17) is 14.5 Å². The highest BCUT2D eigenvalue weighted by Gasteiger charge is 2.21. The van der Waals surface area contributed by atoms with Gasteiger partial charge in [-0.15, -0.1) is 0 Å². The predicted octanol–water partition coefficient (Wildman–Crippen LogP) is 3.38. The van der Waals surface area contributed by atoms with Gasteiger partial charge in [0.1, 0.15) is 5.82 Å². The van der Waals surface area contributed by atoms with E-state index in [1.165, 1.54) is 23.9 Å². The first kappa shape index (κ1) is 23.4. The molecule has 174 valence electrons. The van der Waals surface area contributed by atoms with Crippen LogP contribution < -0.4 is 10.9 Å². The van der Waals surface area contributed by atoms with Gasteiger partial charge in [0.25, 0.3) is 11.5 Å². The van der Waals surface area contributed by atoms with Gasteiger partial charge in [-0.1, -0.05) is 23.9 Å². The van der Waals surface area contributed by atoms with Crippen LogP contribution in [0.1, 0.15) is 28.8 Å². The molecule has 2 aromatic carbocycles. The van der Waals surface area contributed by atoms with E-state index in [1.54, 1.807) is 42.0 Å². The lowest BCUT2D eigenvalue weighted by atomic mass is 10.1. The van der Waals surface area contributed by atoms with Gasteiger partial charge in [-0.3, -0.25) is 14.2 Å². The first-order chi connectivity index (χ1) is 16.0. The second-order valence-corrected chi connectivity index (χ2v) is 8.78. The molecule has 2 heterocycles. The Morgan fingerprint density at radius 3 is 2.85 bits per heavy atom. The Morgan fingerprint density at radius 1 is 1.30 bits per heavy atom. The number of nitrogens with one attached hydrogen (secondary N) is 1. The smallest absolute Gasteiger partial charge is 0.262 e. The van der Waals surface area contributed by atoms with Crippen molar-refractivity contribution in [2.24, 2.45) is 0 Å². The third kappa shape index (κ3) is 5.79. The van der Waals surface area contributed by atoms with Gasteiger partial charge < -0.3 is 14.8 Å². The van der Waals surface area contributed by atoms with Crippen molar-refractivity contribution >= 4 is 28.6 Å². The van der Waals surface area contributed by atoms with Crippen molar-refractivity contribution in [2.75, 3.05) is 26.9 Å². The van der Waals surface area contributed by atoms with Crippen molar-refractivity contribution in [3.8, 4) is 0 Å². The Bertz CT molecular complexity index is 1180. The van der Waals surface area contributed by atoms with E-state index in [1.807, 2.05) is 0 Å². The number of nitrogens with zero attached hydrogens (tertiary/aromatic N) is 2. The number of methoxy groups -OCH3 is 1. The van der Waals surface area contributed by atoms with Crippen LogP contribution >= 0.6 is 11.8 Å². The van der Waals surface area contributed by atoms with Crippen molar-refractivity contribution < 1.29 is 18.7 Å². The van der Waals surface area contributed by atoms with Crippen LogP contribution in [-0.2, 0) is 21.8 Å². The first-order valence-corrected chi connectivity index (χ1v) is 11.8. The molecule has 1 aliphatic heterocycles. The van der Waals surface area contributed by atoms with E-state index < -0.39 is 0 Å². The molecule has 1 amide bonds. The van der Waals surface area contributed by atoms with E-state index in [2.05, 4.69) is 5.32 Å². The van der Waals surface area contributed by atoms with Gasteiger partial charge in [-0.2, -0.15) is 0 Å². The molecular weight excluding hydrogens is 445 g/mol. The highest BCUT2D eigenvalue weighted by Crippen LogP contribution is 2.24. The summed E-state index contributed by atoms with van der Waals surface area (Å²) in [5.41, 5.74) is 1.65. The fourth-order valence-electron chi connectivity index (χ4n) is 3.70. The highest BCUT2D eigenvalue weighted by molar-refractivity contribution is 7.98. The van der Waals surface area contributed by atoms with Crippen molar-refractivity contribution in [2.45, 2.75) is 36.4 Å². The number of hydrogen-bond acceptors (Lipinski definition) is 6. The first-order valence-electron chi connectivity index (χ1n) is 10.9. The van der Waals surface area contributed by atoms with Gasteiger partial charge in [0.15, 0.2) is 5.16 Å². The zero-order valence-corrected chi connectivity index (χ0v) is 19.2. The van der Waals surface area contributed by atoms with Crippen LogP contribution in [0.3, 0.4) is 0 Å². The standard InChI is InChI=1S/C24H26FN3O4S/c1-31-12-10-26-22(29)17-6-9-20-21(13-17)27-24(33-15-16-4-7-18(25)8-5-16)28(23(20)30)14-19-3-2-11-32-19/h4-9,13,19H,2-3,10-12,14-15H2,1H3,(H,26,29)/t19-/m1/s1. The highest BCUT2D eigenvalue weighted by atomic mass is 32.2. The van der Waals surface area contributed by atoms with Gasteiger partial charge in [0.2, 0.25) is 0 Å². The molecular formula is C24H26FN3O4S. The van der Waals surface area contributed by atoms with Crippen LogP contribution in [0, 0.1) is 5.82 Å². The van der Waals surface area contributed by atoms with E-state index in [0.717, 1.165) is 18.4 Å². The largest absolute Gasteiger partial charge is 0.383 e. The molecule has 0 unspecified atom stereocenters. The zero-order chi connectivity index (χ0) is 23.2. The number of carbonyl (C=O) groups excluding carboxylic acids is 1. The molecule has 0 bridgehead atoms. The molecule has 1 atom stereocenters. The number of fused-ring (bicyclic) bond motifs is 1. The average molecular weight is 472 g/mol. The summed E-state index contributed by atoms with van der Waals surface area (Å²) >= 11 is 1.41. The monoisotopic (exact) mass is 471 g/mol. The molecule has 7 nitrogen and oxygen atoms in total. The molecule has 4 rings (SSSR count). The minimum atomic E-state index is -0.292. The predicted molar refractivity (Wildman–Crippen MR) is 125 cm³/mol. The van der Waals surface area contributed by atoms with Gasteiger partial charge in [-0.25, -0.2) is 9.37 Å². The third-order valence-electron chi connectivity index (χ3n) is 5.47. The average Bonchev–Trinajstić information content (AvgIpc) is 3.34. The van der Waals surface area contributed by atoms with E-state index in [0.29, 0.717) is 53.7 Å². The molecule has 1 aliphatic rings. The topological polar surface area (TPSA) is 82.5 Å². The molecule has 1 fully saturated rings. The summed E-state index contributed by atoms with van der Waals surface area (Å²) in [6, 6.07) is 11.2. The fraction of sp³-hybridized carbons (Fsp3) is 0.375.